The van der Waals surface area contributed by atoms with E-state index in [1.807, 2.05) is 0 Å². The molecule has 0 aromatic heterocycles. The van der Waals surface area contributed by atoms with Gasteiger partial charge in [0.15, 0.2) is 0 Å². The molecule has 0 aliphatic carbocycles. The van der Waals surface area contributed by atoms with Gasteiger partial charge in [0.1, 0.15) is 0 Å². The highest BCUT2D eigenvalue weighted by molar-refractivity contribution is 7.99. The van der Waals surface area contributed by atoms with Crippen LogP contribution >= 0.6 is 11.8 Å². The first-order chi connectivity index (χ1) is 4.45. The van der Waals surface area contributed by atoms with E-state index in [-0.39, 0.29) is 0 Å². The molecule has 2 heteroatoms. The first-order valence-corrected chi connectivity index (χ1v) is 4.91. The molecule has 3 aliphatic heterocycles. The number of hydrogen-bond acceptors (Lipinski definition) is 2. The second-order valence-corrected chi connectivity index (χ2v) is 4.20. The molecule has 2 bridgehead atoms. The van der Waals surface area contributed by atoms with Crippen LogP contribution in [0.25, 0.3) is 0 Å². The Balaban J connectivity index is 1.85. The van der Waals surface area contributed by atoms with Crippen LogP contribution in [0.4, 0.5) is 0 Å². The molecule has 3 saturated heterocycles. The van der Waals surface area contributed by atoms with Crippen molar-refractivity contribution in [3.8, 4) is 0 Å². The summed E-state index contributed by atoms with van der Waals surface area (Å²) in [7, 11) is 0. The lowest BCUT2D eigenvalue weighted by molar-refractivity contribution is 0.114. The zero-order valence-corrected chi connectivity index (χ0v) is 6.49. The van der Waals surface area contributed by atoms with Crippen LogP contribution in [0.15, 0.2) is 0 Å². The van der Waals surface area contributed by atoms with Gasteiger partial charge in [0.05, 0.1) is 0 Å². The summed E-state index contributed by atoms with van der Waals surface area (Å²) in [6.07, 6.45) is 1.41. The average molecular weight is 143 g/mol. The van der Waals surface area contributed by atoms with Gasteiger partial charge in [0.25, 0.3) is 0 Å². The number of fused-ring (bicyclic) bond motifs is 4. The van der Waals surface area contributed by atoms with Gasteiger partial charge < -0.3 is 4.90 Å². The summed E-state index contributed by atoms with van der Waals surface area (Å²) in [4.78, 5) is 2.57. The third kappa shape index (κ3) is 1.24. The monoisotopic (exact) mass is 143 g/mol. The fourth-order valence-corrected chi connectivity index (χ4v) is 2.65. The van der Waals surface area contributed by atoms with Crippen molar-refractivity contribution in [1.29, 1.82) is 0 Å². The minimum Gasteiger partial charge on any atom is -0.303 e. The van der Waals surface area contributed by atoms with Crippen molar-refractivity contribution >= 4 is 11.8 Å². The van der Waals surface area contributed by atoms with Crippen LogP contribution < -0.4 is 0 Å². The molecule has 0 aromatic rings. The van der Waals surface area contributed by atoms with E-state index in [1.54, 1.807) is 0 Å². The van der Waals surface area contributed by atoms with Crippen LogP contribution in [-0.4, -0.2) is 36.0 Å². The van der Waals surface area contributed by atoms with E-state index in [0.29, 0.717) is 0 Å². The van der Waals surface area contributed by atoms with Crippen LogP contribution in [0.3, 0.4) is 0 Å². The zero-order chi connectivity index (χ0) is 6.10. The van der Waals surface area contributed by atoms with Gasteiger partial charge in [-0.05, 0) is 30.4 Å². The predicted octanol–water partition coefficient (Wildman–Crippen LogP) is 1.06. The number of hydrogen-bond donors (Lipinski definition) is 0. The molecule has 0 unspecified atom stereocenters. The Labute approximate surface area is 60.8 Å². The smallest absolute Gasteiger partial charge is 0.00299 e. The van der Waals surface area contributed by atoms with Crippen LogP contribution in [-0.2, 0) is 0 Å². The third-order valence-electron chi connectivity index (χ3n) is 2.15. The van der Waals surface area contributed by atoms with Gasteiger partial charge in [-0.15, -0.1) is 0 Å². The van der Waals surface area contributed by atoms with Crippen LogP contribution in [0.1, 0.15) is 6.42 Å². The normalized spacial score (nSPS) is 42.7. The molecule has 3 aliphatic rings. The molecule has 0 saturated carbocycles. The quantitative estimate of drug-likeness (QED) is 0.499. The summed E-state index contributed by atoms with van der Waals surface area (Å²) < 4.78 is 0. The summed E-state index contributed by atoms with van der Waals surface area (Å²) in [6.45, 7) is 4.16. The number of nitrogens with zero attached hydrogens (tertiary/aromatic N) is 1. The molecule has 9 heavy (non-hydrogen) atoms. The molecule has 3 fully saturated rings. The lowest BCUT2D eigenvalue weighted by atomic mass is 10.0. The van der Waals surface area contributed by atoms with Crippen molar-refractivity contribution in [2.24, 2.45) is 5.92 Å². The third-order valence-corrected chi connectivity index (χ3v) is 3.43. The first kappa shape index (κ1) is 6.05. The van der Waals surface area contributed by atoms with E-state index in [2.05, 4.69) is 16.7 Å². The van der Waals surface area contributed by atoms with E-state index in [0.717, 1.165) is 5.92 Å². The topological polar surface area (TPSA) is 3.24 Å². The van der Waals surface area contributed by atoms with Gasteiger partial charge >= 0.3 is 0 Å². The second kappa shape index (κ2) is 2.51. The van der Waals surface area contributed by atoms with Gasteiger partial charge in [-0.25, -0.2) is 0 Å². The second-order valence-electron chi connectivity index (χ2n) is 3.05. The van der Waals surface area contributed by atoms with E-state index in [9.17, 15) is 0 Å². The van der Waals surface area contributed by atoms with Gasteiger partial charge in [0.2, 0.25) is 0 Å². The first-order valence-electron chi connectivity index (χ1n) is 3.75. The van der Waals surface area contributed by atoms with E-state index in [4.69, 9.17) is 0 Å². The minimum absolute atomic E-state index is 1.05. The van der Waals surface area contributed by atoms with Crippen molar-refractivity contribution in [3.63, 3.8) is 0 Å². The molecule has 3 rings (SSSR count). The Morgan fingerprint density at radius 3 is 3.11 bits per heavy atom. The average Bonchev–Trinajstić information content (AvgIpc) is 1.54. The molecule has 52 valence electrons. The fourth-order valence-electron chi connectivity index (χ4n) is 1.61. The Hall–Kier alpha value is 0.310. The predicted molar refractivity (Wildman–Crippen MR) is 41.9 cm³/mol. The molecule has 0 radical (unpaired) electrons. The summed E-state index contributed by atoms with van der Waals surface area (Å²) in [6, 6.07) is 0. The number of rotatable bonds is 0. The largest absolute Gasteiger partial charge is 0.303 e. The van der Waals surface area contributed by atoms with Crippen molar-refractivity contribution < 1.29 is 0 Å². The molecular formula is C7H13NS. The van der Waals surface area contributed by atoms with Gasteiger partial charge in [-0.1, -0.05) is 0 Å². The van der Waals surface area contributed by atoms with Crippen molar-refractivity contribution in [3.05, 3.63) is 0 Å². The zero-order valence-electron chi connectivity index (χ0n) is 5.68. The Kier molecular flexibility index (Phi) is 1.68. The van der Waals surface area contributed by atoms with Crippen molar-refractivity contribution in [2.45, 2.75) is 6.42 Å². The van der Waals surface area contributed by atoms with E-state index >= 15 is 0 Å². The highest BCUT2D eigenvalue weighted by Gasteiger charge is 2.26. The lowest BCUT2D eigenvalue weighted by Crippen LogP contribution is -2.49. The highest BCUT2D eigenvalue weighted by atomic mass is 32.2. The van der Waals surface area contributed by atoms with E-state index < -0.39 is 0 Å². The summed E-state index contributed by atoms with van der Waals surface area (Å²) in [5.74, 6) is 3.87. The van der Waals surface area contributed by atoms with Crippen LogP contribution in [0.5, 0.6) is 0 Å². The SMILES string of the molecule is C1CSCC2CN(C1)C2. The summed E-state index contributed by atoms with van der Waals surface area (Å²) in [5.41, 5.74) is 0. The Morgan fingerprint density at radius 2 is 2.22 bits per heavy atom. The standard InChI is InChI=1S/C7H13NS/c1-2-8-4-7(5-8)6-9-3-1/h7H,1-6H2. The van der Waals surface area contributed by atoms with Crippen LogP contribution in [0.2, 0.25) is 0 Å². The molecule has 1 nitrogen and oxygen atoms in total. The maximum Gasteiger partial charge on any atom is 0.00299 e. The molecule has 3 heterocycles. The lowest BCUT2D eigenvalue weighted by Gasteiger charge is -2.40. The molecule has 0 spiro atoms. The molecule has 0 atom stereocenters. The maximum atomic E-state index is 2.57. The number of thioether (sulfide) groups is 1. The minimum atomic E-state index is 1.05. The van der Waals surface area contributed by atoms with Crippen molar-refractivity contribution in [2.75, 3.05) is 31.1 Å². The summed E-state index contributed by atoms with van der Waals surface area (Å²) in [5, 5.41) is 0. The summed E-state index contributed by atoms with van der Waals surface area (Å²) >= 11 is 2.15. The highest BCUT2D eigenvalue weighted by Crippen LogP contribution is 2.23. The molecule has 0 amide bonds. The molecule has 0 N–H and O–H groups in total. The van der Waals surface area contributed by atoms with Gasteiger partial charge in [-0.3, -0.25) is 0 Å². The Morgan fingerprint density at radius 1 is 1.33 bits per heavy atom. The van der Waals surface area contributed by atoms with Gasteiger partial charge in [-0.2, -0.15) is 11.8 Å². The van der Waals surface area contributed by atoms with E-state index in [1.165, 1.54) is 37.6 Å². The maximum absolute atomic E-state index is 2.57. The van der Waals surface area contributed by atoms with Crippen molar-refractivity contribution in [1.82, 2.24) is 4.90 Å². The Bertz CT molecular complexity index is 83.6. The molecule has 0 aromatic carbocycles. The molecular weight excluding hydrogens is 130 g/mol. The fraction of sp³-hybridized carbons (Fsp3) is 1.00. The van der Waals surface area contributed by atoms with Crippen LogP contribution in [0, 0.1) is 5.92 Å². The van der Waals surface area contributed by atoms with Gasteiger partial charge in [0, 0.05) is 13.1 Å².